The van der Waals surface area contributed by atoms with Crippen LogP contribution in [0.3, 0.4) is 0 Å². The molecule has 0 unspecified atom stereocenters. The number of hydrogen-bond acceptors (Lipinski definition) is 1. The summed E-state index contributed by atoms with van der Waals surface area (Å²) in [4.78, 5) is 4.25. The Bertz CT molecular complexity index is 300. The van der Waals surface area contributed by atoms with E-state index in [-0.39, 0.29) is 0 Å². The summed E-state index contributed by atoms with van der Waals surface area (Å²) >= 11 is 2.01. The Balaban J connectivity index is 3.15. The largest absolute Gasteiger partial charge is 0.245 e. The Morgan fingerprint density at radius 2 is 2.09 bits per heavy atom. The maximum absolute atomic E-state index is 4.25. The second-order valence-corrected chi connectivity index (χ2v) is 2.93. The van der Waals surface area contributed by atoms with E-state index in [0.717, 1.165) is 11.4 Å². The van der Waals surface area contributed by atoms with Crippen LogP contribution in [0.15, 0.2) is 12.1 Å². The van der Waals surface area contributed by atoms with Crippen molar-refractivity contribution >= 4 is 22.6 Å². The predicted octanol–water partition coefficient (Wildman–Crippen LogP) is 2.44. The highest BCUT2D eigenvalue weighted by molar-refractivity contribution is 14.1. The van der Waals surface area contributed by atoms with Gasteiger partial charge in [0.25, 0.3) is 0 Å². The third-order valence-electron chi connectivity index (χ3n) is 1.27. The number of aromatic nitrogens is 1. The highest BCUT2D eigenvalue weighted by Gasteiger charge is 1.92. The Morgan fingerprint density at radius 3 is 2.64 bits per heavy atom. The highest BCUT2D eigenvalue weighted by atomic mass is 127. The minimum absolute atomic E-state index is 0.858. The molecule has 11 heavy (non-hydrogen) atoms. The smallest absolute Gasteiger partial charge is 0.114 e. The van der Waals surface area contributed by atoms with Crippen LogP contribution in [0.25, 0.3) is 0 Å². The van der Waals surface area contributed by atoms with Crippen molar-refractivity contribution in [3.05, 3.63) is 29.1 Å². The lowest BCUT2D eigenvalue weighted by Crippen LogP contribution is -1.87. The van der Waals surface area contributed by atoms with Crippen molar-refractivity contribution < 1.29 is 0 Å². The van der Waals surface area contributed by atoms with Gasteiger partial charge in [-0.3, -0.25) is 0 Å². The van der Waals surface area contributed by atoms with Crippen molar-refractivity contribution in [3.8, 4) is 9.85 Å². The molecule has 0 fully saturated rings. The molecule has 0 radical (unpaired) electrons. The van der Waals surface area contributed by atoms with Crippen LogP contribution < -0.4 is 0 Å². The van der Waals surface area contributed by atoms with Gasteiger partial charge < -0.3 is 0 Å². The van der Waals surface area contributed by atoms with Crippen LogP contribution in [-0.4, -0.2) is 4.98 Å². The lowest BCUT2D eigenvalue weighted by Gasteiger charge is -1.95. The zero-order chi connectivity index (χ0) is 8.27. The molecule has 1 nitrogen and oxygen atoms in total. The minimum Gasteiger partial charge on any atom is -0.245 e. The van der Waals surface area contributed by atoms with Gasteiger partial charge in [-0.05, 0) is 41.4 Å². The van der Waals surface area contributed by atoms with Crippen molar-refractivity contribution in [2.45, 2.75) is 13.8 Å². The van der Waals surface area contributed by atoms with Crippen LogP contribution in [0.2, 0.25) is 0 Å². The predicted molar refractivity (Wildman–Crippen MR) is 54.6 cm³/mol. The van der Waals surface area contributed by atoms with E-state index in [1.165, 1.54) is 5.56 Å². The summed E-state index contributed by atoms with van der Waals surface area (Å²) in [5, 5.41) is 0. The Morgan fingerprint density at radius 1 is 1.36 bits per heavy atom. The molecule has 1 rings (SSSR count). The zero-order valence-electron chi connectivity index (χ0n) is 6.48. The van der Waals surface area contributed by atoms with Gasteiger partial charge >= 0.3 is 0 Å². The normalized spacial score (nSPS) is 8.64. The summed E-state index contributed by atoms with van der Waals surface area (Å²) in [5.41, 5.74) is 3.10. The van der Waals surface area contributed by atoms with Gasteiger partial charge in [0.2, 0.25) is 0 Å². The summed E-state index contributed by atoms with van der Waals surface area (Å²) in [6.45, 7) is 4.03. The van der Waals surface area contributed by atoms with E-state index in [2.05, 4.69) is 14.8 Å². The molecule has 0 spiro atoms. The molecular weight excluding hydrogens is 249 g/mol. The molecule has 0 aliphatic heterocycles. The van der Waals surface area contributed by atoms with Crippen molar-refractivity contribution in [3.63, 3.8) is 0 Å². The van der Waals surface area contributed by atoms with Gasteiger partial charge in [0.15, 0.2) is 0 Å². The lowest BCUT2D eigenvalue weighted by atomic mass is 10.2. The maximum atomic E-state index is 4.25. The van der Waals surface area contributed by atoms with Crippen molar-refractivity contribution in [1.29, 1.82) is 0 Å². The second kappa shape index (κ2) is 3.72. The zero-order valence-corrected chi connectivity index (χ0v) is 8.64. The third-order valence-corrected chi connectivity index (χ3v) is 1.54. The molecule has 0 N–H and O–H groups in total. The third kappa shape index (κ3) is 2.51. The number of halogens is 1. The number of hydrogen-bond donors (Lipinski definition) is 0. The van der Waals surface area contributed by atoms with E-state index in [0.29, 0.717) is 0 Å². The number of pyridine rings is 1. The fourth-order valence-corrected chi connectivity index (χ4v) is 1.23. The van der Waals surface area contributed by atoms with Gasteiger partial charge in [-0.1, -0.05) is 0 Å². The van der Waals surface area contributed by atoms with Crippen LogP contribution >= 0.6 is 22.6 Å². The van der Waals surface area contributed by atoms with Crippen molar-refractivity contribution in [1.82, 2.24) is 4.98 Å². The summed E-state index contributed by atoms with van der Waals surface area (Å²) in [7, 11) is 0. The van der Waals surface area contributed by atoms with E-state index in [1.807, 2.05) is 48.6 Å². The average Bonchev–Trinajstić information content (AvgIpc) is 1.85. The Hall–Kier alpha value is -0.560. The van der Waals surface area contributed by atoms with Gasteiger partial charge in [0, 0.05) is 28.3 Å². The van der Waals surface area contributed by atoms with E-state index in [9.17, 15) is 0 Å². The van der Waals surface area contributed by atoms with E-state index >= 15 is 0 Å². The average molecular weight is 257 g/mol. The molecule has 2 heteroatoms. The first-order chi connectivity index (χ1) is 5.22. The molecule has 1 aromatic rings. The molecule has 56 valence electrons. The van der Waals surface area contributed by atoms with Gasteiger partial charge in [-0.2, -0.15) is 0 Å². The summed E-state index contributed by atoms with van der Waals surface area (Å²) in [6, 6.07) is 4.02. The van der Waals surface area contributed by atoms with Crippen LogP contribution in [0, 0.1) is 23.7 Å². The first-order valence-corrected chi connectivity index (χ1v) is 4.37. The molecule has 0 saturated heterocycles. The molecule has 0 aliphatic rings. The van der Waals surface area contributed by atoms with Crippen molar-refractivity contribution in [2.75, 3.05) is 0 Å². The number of nitrogens with zero attached hydrogens (tertiary/aromatic N) is 1. The van der Waals surface area contributed by atoms with Crippen LogP contribution in [0.5, 0.6) is 0 Å². The standard InChI is InChI=1S/C9H8IN/c1-7-5-8(2)11-9(6-7)3-4-10/h5-6H,1-2H3. The van der Waals surface area contributed by atoms with Crippen LogP contribution in [-0.2, 0) is 0 Å². The Kier molecular flexibility index (Phi) is 2.89. The van der Waals surface area contributed by atoms with E-state index in [4.69, 9.17) is 0 Å². The van der Waals surface area contributed by atoms with Crippen LogP contribution in [0.4, 0.5) is 0 Å². The minimum atomic E-state index is 0.858. The Labute approximate surface area is 80.4 Å². The van der Waals surface area contributed by atoms with Crippen molar-refractivity contribution in [2.24, 2.45) is 0 Å². The lowest BCUT2D eigenvalue weighted by molar-refractivity contribution is 1.15. The number of aryl methyl sites for hydroxylation is 2. The van der Waals surface area contributed by atoms with E-state index in [1.54, 1.807) is 0 Å². The highest BCUT2D eigenvalue weighted by Crippen LogP contribution is 2.02. The SMILES string of the molecule is Cc1cc(C)nc(C#CI)c1. The second-order valence-electron chi connectivity index (χ2n) is 2.39. The van der Waals surface area contributed by atoms with Crippen LogP contribution in [0.1, 0.15) is 17.0 Å². The molecule has 1 aromatic heterocycles. The van der Waals surface area contributed by atoms with Gasteiger partial charge in [0.05, 0.1) is 0 Å². The molecule has 0 amide bonds. The fourth-order valence-electron chi connectivity index (χ4n) is 0.954. The first kappa shape index (κ1) is 8.54. The quantitative estimate of drug-likeness (QED) is 0.514. The maximum Gasteiger partial charge on any atom is 0.114 e. The summed E-state index contributed by atoms with van der Waals surface area (Å²) in [5.74, 6) is 2.91. The molecular formula is C9H8IN. The summed E-state index contributed by atoms with van der Waals surface area (Å²) < 4.78 is 2.80. The topological polar surface area (TPSA) is 12.9 Å². The van der Waals surface area contributed by atoms with Gasteiger partial charge in [-0.25, -0.2) is 4.98 Å². The van der Waals surface area contributed by atoms with Gasteiger partial charge in [-0.15, -0.1) is 0 Å². The molecule has 0 atom stereocenters. The fraction of sp³-hybridized carbons (Fsp3) is 0.222. The first-order valence-electron chi connectivity index (χ1n) is 3.29. The summed E-state index contributed by atoms with van der Waals surface area (Å²) in [6.07, 6.45) is 0. The van der Waals surface area contributed by atoms with Gasteiger partial charge in [0.1, 0.15) is 5.69 Å². The number of rotatable bonds is 0. The monoisotopic (exact) mass is 257 g/mol. The molecule has 0 saturated carbocycles. The molecule has 0 bridgehead atoms. The van der Waals surface area contributed by atoms with E-state index < -0.39 is 0 Å². The molecule has 0 aliphatic carbocycles. The molecule has 0 aromatic carbocycles. The molecule has 1 heterocycles.